The van der Waals surface area contributed by atoms with Crippen LogP contribution in [0.25, 0.3) is 0 Å². The van der Waals surface area contributed by atoms with Gasteiger partial charge in [0.05, 0.1) is 0 Å². The van der Waals surface area contributed by atoms with Crippen LogP contribution in [-0.2, 0) is 16.6 Å². The van der Waals surface area contributed by atoms with Crippen molar-refractivity contribution in [2.24, 2.45) is 11.3 Å². The van der Waals surface area contributed by atoms with Crippen molar-refractivity contribution in [3.8, 4) is 0 Å². The van der Waals surface area contributed by atoms with Crippen molar-refractivity contribution in [2.45, 2.75) is 37.9 Å². The number of hydrogen-bond donors (Lipinski definition) is 1. The van der Waals surface area contributed by atoms with E-state index in [1.165, 1.54) is 11.3 Å². The van der Waals surface area contributed by atoms with E-state index in [2.05, 4.69) is 26.1 Å². The Labute approximate surface area is 126 Å². The number of rotatable bonds is 4. The van der Waals surface area contributed by atoms with Crippen molar-refractivity contribution in [1.29, 1.82) is 0 Å². The second-order valence-electron chi connectivity index (χ2n) is 6.47. The lowest BCUT2D eigenvalue weighted by Gasteiger charge is -2.26. The molecule has 0 aliphatic carbocycles. The monoisotopic (exact) mass is 316 g/mol. The van der Waals surface area contributed by atoms with Crippen LogP contribution in [0.4, 0.5) is 0 Å². The first kappa shape index (κ1) is 15.9. The van der Waals surface area contributed by atoms with Crippen molar-refractivity contribution >= 4 is 21.4 Å². The summed E-state index contributed by atoms with van der Waals surface area (Å²) in [6, 6.07) is 3.63. The summed E-state index contributed by atoms with van der Waals surface area (Å²) in [5.41, 5.74) is 0.164. The summed E-state index contributed by atoms with van der Waals surface area (Å²) in [5, 5.41) is 3.05. The Morgan fingerprint density at radius 3 is 2.65 bits per heavy atom. The van der Waals surface area contributed by atoms with E-state index in [-0.39, 0.29) is 5.41 Å². The molecular formula is C14H24N2O2S2. The highest BCUT2D eigenvalue weighted by molar-refractivity contribution is 7.91. The van der Waals surface area contributed by atoms with Crippen molar-refractivity contribution in [1.82, 2.24) is 9.62 Å². The minimum absolute atomic E-state index is 0.164. The van der Waals surface area contributed by atoms with E-state index < -0.39 is 10.0 Å². The van der Waals surface area contributed by atoms with Crippen LogP contribution in [0.3, 0.4) is 0 Å². The molecule has 1 atom stereocenters. The van der Waals surface area contributed by atoms with E-state index in [0.29, 0.717) is 29.8 Å². The summed E-state index contributed by atoms with van der Waals surface area (Å²) in [5.74, 6) is 0.439. The SMILES string of the molecule is CNCc1ccc(S(=O)(=O)N2CCC(C(C)(C)C)C2)s1. The Morgan fingerprint density at radius 2 is 2.10 bits per heavy atom. The highest BCUT2D eigenvalue weighted by atomic mass is 32.2. The third-order valence-electron chi connectivity index (χ3n) is 3.96. The van der Waals surface area contributed by atoms with Crippen LogP contribution in [0.5, 0.6) is 0 Å². The molecule has 1 aliphatic rings. The van der Waals surface area contributed by atoms with Gasteiger partial charge in [-0.05, 0) is 36.9 Å². The number of thiophene rings is 1. The molecule has 0 spiro atoms. The van der Waals surface area contributed by atoms with Crippen molar-refractivity contribution in [3.05, 3.63) is 17.0 Å². The van der Waals surface area contributed by atoms with E-state index in [4.69, 9.17) is 0 Å². The van der Waals surface area contributed by atoms with Gasteiger partial charge >= 0.3 is 0 Å². The molecule has 6 heteroatoms. The van der Waals surface area contributed by atoms with Gasteiger partial charge in [0.25, 0.3) is 10.0 Å². The number of nitrogens with one attached hydrogen (secondary N) is 1. The molecule has 20 heavy (non-hydrogen) atoms. The Kier molecular flexibility index (Phi) is 4.59. The lowest BCUT2D eigenvalue weighted by Crippen LogP contribution is -2.30. The van der Waals surface area contributed by atoms with Crippen LogP contribution in [0, 0.1) is 11.3 Å². The molecule has 0 aromatic carbocycles. The topological polar surface area (TPSA) is 49.4 Å². The molecule has 0 saturated carbocycles. The van der Waals surface area contributed by atoms with E-state index in [0.717, 1.165) is 11.3 Å². The van der Waals surface area contributed by atoms with E-state index in [9.17, 15) is 8.42 Å². The molecular weight excluding hydrogens is 292 g/mol. The minimum Gasteiger partial charge on any atom is -0.315 e. The first-order valence-corrected chi connectivity index (χ1v) is 9.24. The molecule has 1 saturated heterocycles. The maximum absolute atomic E-state index is 12.6. The third kappa shape index (κ3) is 3.24. The maximum Gasteiger partial charge on any atom is 0.252 e. The zero-order chi connectivity index (χ0) is 15.0. The van der Waals surface area contributed by atoms with Crippen LogP contribution in [0.1, 0.15) is 32.1 Å². The van der Waals surface area contributed by atoms with Crippen LogP contribution < -0.4 is 5.32 Å². The molecule has 1 N–H and O–H groups in total. The lowest BCUT2D eigenvalue weighted by molar-refractivity contribution is 0.252. The Bertz CT molecular complexity index is 558. The van der Waals surface area contributed by atoms with Gasteiger partial charge in [0.15, 0.2) is 0 Å². The summed E-state index contributed by atoms with van der Waals surface area (Å²) in [4.78, 5) is 1.05. The molecule has 1 aromatic heterocycles. The fourth-order valence-electron chi connectivity index (χ4n) is 2.55. The predicted molar refractivity (Wildman–Crippen MR) is 83.4 cm³/mol. The second-order valence-corrected chi connectivity index (χ2v) is 9.80. The largest absolute Gasteiger partial charge is 0.315 e. The fraction of sp³-hybridized carbons (Fsp3) is 0.714. The quantitative estimate of drug-likeness (QED) is 0.928. The minimum atomic E-state index is -3.31. The molecule has 4 nitrogen and oxygen atoms in total. The van der Waals surface area contributed by atoms with Crippen LogP contribution >= 0.6 is 11.3 Å². The van der Waals surface area contributed by atoms with Gasteiger partial charge in [0.2, 0.25) is 0 Å². The van der Waals surface area contributed by atoms with Gasteiger partial charge in [0, 0.05) is 24.5 Å². The summed E-state index contributed by atoms with van der Waals surface area (Å²) < 4.78 is 27.4. The molecule has 1 fully saturated rings. The first-order valence-electron chi connectivity index (χ1n) is 6.98. The molecule has 1 unspecified atom stereocenters. The Hall–Kier alpha value is -0.430. The molecule has 1 aromatic rings. The smallest absolute Gasteiger partial charge is 0.252 e. The maximum atomic E-state index is 12.6. The number of nitrogens with zero attached hydrogens (tertiary/aromatic N) is 1. The molecule has 0 bridgehead atoms. The van der Waals surface area contributed by atoms with Gasteiger partial charge in [-0.2, -0.15) is 4.31 Å². The second kappa shape index (κ2) is 5.75. The predicted octanol–water partition coefficient (Wildman–Crippen LogP) is 2.52. The standard InChI is InChI=1S/C14H24N2O2S2/c1-14(2,3)11-7-8-16(10-11)20(17,18)13-6-5-12(19-13)9-15-4/h5-6,11,15H,7-10H2,1-4H3. The average Bonchev–Trinajstić information content (AvgIpc) is 2.97. The van der Waals surface area contributed by atoms with Gasteiger partial charge in [-0.3, -0.25) is 0 Å². The summed E-state index contributed by atoms with van der Waals surface area (Å²) in [7, 11) is -1.44. The molecule has 1 aliphatic heterocycles. The number of hydrogen-bond acceptors (Lipinski definition) is 4. The van der Waals surface area contributed by atoms with Gasteiger partial charge < -0.3 is 5.32 Å². The summed E-state index contributed by atoms with van der Waals surface area (Å²) >= 11 is 1.37. The highest BCUT2D eigenvalue weighted by Crippen LogP contribution is 2.36. The first-order chi connectivity index (χ1) is 9.25. The van der Waals surface area contributed by atoms with E-state index in [1.807, 2.05) is 13.1 Å². The van der Waals surface area contributed by atoms with Crippen molar-refractivity contribution in [3.63, 3.8) is 0 Å². The van der Waals surface area contributed by atoms with Crippen molar-refractivity contribution in [2.75, 3.05) is 20.1 Å². The molecule has 0 radical (unpaired) electrons. The van der Waals surface area contributed by atoms with Gasteiger partial charge in [-0.1, -0.05) is 20.8 Å². The lowest BCUT2D eigenvalue weighted by atomic mass is 9.80. The Balaban J connectivity index is 2.15. The third-order valence-corrected chi connectivity index (χ3v) is 7.38. The van der Waals surface area contributed by atoms with Gasteiger partial charge in [-0.15, -0.1) is 11.3 Å². The zero-order valence-electron chi connectivity index (χ0n) is 12.6. The van der Waals surface area contributed by atoms with Crippen LogP contribution in [0.2, 0.25) is 0 Å². The molecule has 2 heterocycles. The van der Waals surface area contributed by atoms with Crippen LogP contribution in [-0.4, -0.2) is 32.9 Å². The molecule has 2 rings (SSSR count). The normalized spacial score (nSPS) is 21.5. The molecule has 114 valence electrons. The van der Waals surface area contributed by atoms with Crippen molar-refractivity contribution < 1.29 is 8.42 Å². The summed E-state index contributed by atoms with van der Waals surface area (Å²) in [6.07, 6.45) is 0.956. The van der Waals surface area contributed by atoms with Gasteiger partial charge in [-0.25, -0.2) is 8.42 Å². The van der Waals surface area contributed by atoms with Gasteiger partial charge in [0.1, 0.15) is 4.21 Å². The van der Waals surface area contributed by atoms with E-state index in [1.54, 1.807) is 10.4 Å². The fourth-order valence-corrected chi connectivity index (χ4v) is 5.57. The number of sulfonamides is 1. The summed E-state index contributed by atoms with van der Waals surface area (Å²) in [6.45, 7) is 8.55. The highest BCUT2D eigenvalue weighted by Gasteiger charge is 2.38. The van der Waals surface area contributed by atoms with E-state index >= 15 is 0 Å². The Morgan fingerprint density at radius 1 is 1.40 bits per heavy atom. The average molecular weight is 316 g/mol. The molecule has 0 amide bonds. The van der Waals surface area contributed by atoms with Crippen LogP contribution in [0.15, 0.2) is 16.3 Å². The zero-order valence-corrected chi connectivity index (χ0v) is 14.3.